The quantitative estimate of drug-likeness (QED) is 0.800. The zero-order chi connectivity index (χ0) is 15.5. The number of hydrogen-bond donors (Lipinski definition) is 2. The number of nitrogens with two attached hydrogens (primary N) is 1. The van der Waals surface area contributed by atoms with Crippen LogP contribution in [0.3, 0.4) is 0 Å². The number of amides is 1. The first-order chi connectivity index (χ1) is 10.7. The third kappa shape index (κ3) is 3.01. The molecule has 0 saturated carbocycles. The van der Waals surface area contributed by atoms with Gasteiger partial charge in [0.25, 0.3) is 0 Å². The number of likely N-dealkylation sites (tertiary alicyclic amines) is 1. The van der Waals surface area contributed by atoms with Crippen molar-refractivity contribution in [2.24, 2.45) is 11.7 Å². The molecule has 0 bridgehead atoms. The number of benzene rings is 1. The van der Waals surface area contributed by atoms with Gasteiger partial charge in [-0.05, 0) is 0 Å². The van der Waals surface area contributed by atoms with Gasteiger partial charge in [0.2, 0.25) is 0 Å². The van der Waals surface area contributed by atoms with Gasteiger partial charge in [-0.15, -0.1) is 0 Å². The fraction of sp³-hybridized carbons (Fsp3) is 0.529. The Kier molecular flexibility index (Phi) is 4.74. The third-order valence-corrected chi connectivity index (χ3v) is 4.93. The van der Waals surface area contributed by atoms with Crippen molar-refractivity contribution in [3.63, 3.8) is 0 Å². The summed E-state index contributed by atoms with van der Waals surface area (Å²) in [5.74, 6) is 0.222. The standard InChI is InChI=1S/C17H23BN2O2/c19-16(17(22)20-9-3-6-15(20)18-11-21)14-8-7-12-4-1-2-5-13(12)10-14/h1-2,4-5,14,16,21H,3,6-11,19H2/t14?,16-/m0/s1. The number of aryl methyl sites for hydroxylation is 1. The summed E-state index contributed by atoms with van der Waals surface area (Å²) < 4.78 is 0. The number of carbonyl (C=O) groups is 1. The first kappa shape index (κ1) is 15.4. The van der Waals surface area contributed by atoms with Gasteiger partial charge in [0.05, 0.1) is 0 Å². The molecule has 1 aromatic carbocycles. The van der Waals surface area contributed by atoms with Crippen LogP contribution in [0.25, 0.3) is 0 Å². The third-order valence-electron chi connectivity index (χ3n) is 4.93. The van der Waals surface area contributed by atoms with Crippen molar-refractivity contribution in [2.45, 2.75) is 38.1 Å². The van der Waals surface area contributed by atoms with E-state index in [1.807, 2.05) is 0 Å². The molecule has 116 valence electrons. The van der Waals surface area contributed by atoms with Gasteiger partial charge < -0.3 is 0 Å². The van der Waals surface area contributed by atoms with E-state index >= 15 is 0 Å². The van der Waals surface area contributed by atoms with E-state index in [4.69, 9.17) is 10.8 Å². The molecule has 2 aliphatic rings. The van der Waals surface area contributed by atoms with Crippen LogP contribution in [0, 0.1) is 5.92 Å². The Labute approximate surface area is 132 Å². The van der Waals surface area contributed by atoms with Crippen molar-refractivity contribution < 1.29 is 9.90 Å². The molecule has 22 heavy (non-hydrogen) atoms. The first-order valence-electron chi connectivity index (χ1n) is 8.14. The van der Waals surface area contributed by atoms with Gasteiger partial charge in [0, 0.05) is 0 Å². The van der Waals surface area contributed by atoms with Crippen molar-refractivity contribution in [3.8, 4) is 0 Å². The molecule has 1 heterocycles. The first-order valence-corrected chi connectivity index (χ1v) is 8.14. The molecule has 3 rings (SSSR count). The predicted molar refractivity (Wildman–Crippen MR) is 88.7 cm³/mol. The van der Waals surface area contributed by atoms with E-state index in [-0.39, 0.29) is 18.3 Å². The monoisotopic (exact) mass is 298 g/mol. The Morgan fingerprint density at radius 1 is 1.36 bits per heavy atom. The van der Waals surface area contributed by atoms with Gasteiger partial charge in [0.1, 0.15) is 0 Å². The van der Waals surface area contributed by atoms with Crippen LogP contribution in [-0.2, 0) is 17.6 Å². The summed E-state index contributed by atoms with van der Waals surface area (Å²) in [4.78, 5) is 14.5. The van der Waals surface area contributed by atoms with Gasteiger partial charge >= 0.3 is 131 Å². The summed E-state index contributed by atoms with van der Waals surface area (Å²) >= 11 is 0. The molecule has 1 aliphatic heterocycles. The molecule has 3 N–H and O–H groups in total. The van der Waals surface area contributed by atoms with E-state index < -0.39 is 6.04 Å². The van der Waals surface area contributed by atoms with E-state index in [1.165, 1.54) is 11.1 Å². The number of nitrogens with zero attached hydrogens (tertiary/aromatic N) is 1. The molecule has 0 aromatic heterocycles. The zero-order valence-corrected chi connectivity index (χ0v) is 12.9. The Hall–Kier alpha value is -1.46. The van der Waals surface area contributed by atoms with Gasteiger partial charge in [0.15, 0.2) is 0 Å². The predicted octanol–water partition coefficient (Wildman–Crippen LogP) is 0.525. The number of aliphatic hydroxyl groups excluding tert-OH is 1. The summed E-state index contributed by atoms with van der Waals surface area (Å²) in [5.41, 5.74) is 9.95. The normalized spacial score (nSPS) is 24.0. The van der Waals surface area contributed by atoms with Crippen molar-refractivity contribution >= 4 is 18.4 Å². The van der Waals surface area contributed by atoms with E-state index in [2.05, 4.69) is 24.3 Å². The van der Waals surface area contributed by atoms with Crippen LogP contribution in [0.5, 0.6) is 0 Å². The van der Waals surface area contributed by atoms with Crippen molar-refractivity contribution in [3.05, 3.63) is 35.4 Å². The second-order valence-electron chi connectivity index (χ2n) is 6.27. The topological polar surface area (TPSA) is 66.6 Å². The van der Waals surface area contributed by atoms with Crippen LogP contribution in [-0.4, -0.2) is 47.5 Å². The average molecular weight is 298 g/mol. The summed E-state index contributed by atoms with van der Waals surface area (Å²) in [5, 5.41) is 9.08. The molecule has 1 aliphatic carbocycles. The number of aliphatic hydroxyl groups is 1. The second kappa shape index (κ2) is 6.76. The van der Waals surface area contributed by atoms with E-state index in [1.54, 1.807) is 11.8 Å². The van der Waals surface area contributed by atoms with E-state index in [0.717, 1.165) is 44.2 Å². The number of carbonyl (C=O) groups excluding carboxylic acids is 1. The van der Waals surface area contributed by atoms with E-state index in [0.29, 0.717) is 0 Å². The fourth-order valence-electron chi connectivity index (χ4n) is 3.68. The minimum atomic E-state index is -0.450. The van der Waals surface area contributed by atoms with Crippen LogP contribution < -0.4 is 5.73 Å². The Bertz CT molecular complexity index is 588. The van der Waals surface area contributed by atoms with Crippen LogP contribution in [0.1, 0.15) is 30.4 Å². The van der Waals surface area contributed by atoms with Crippen LogP contribution in [0.2, 0.25) is 0 Å². The number of fused-ring (bicyclic) bond motifs is 1. The Morgan fingerprint density at radius 3 is 2.91 bits per heavy atom. The molecule has 1 amide bonds. The van der Waals surface area contributed by atoms with Crippen LogP contribution >= 0.6 is 0 Å². The average Bonchev–Trinajstić information content (AvgIpc) is 3.01. The molecular formula is C17H23BN2O2. The Balaban J connectivity index is 1.70. The molecule has 1 aromatic rings. The summed E-state index contributed by atoms with van der Waals surface area (Å²) in [7, 11) is 0. The molecule has 0 radical (unpaired) electrons. The van der Waals surface area contributed by atoms with Crippen molar-refractivity contribution in [1.29, 1.82) is 0 Å². The molecule has 1 saturated heterocycles. The molecule has 2 atom stereocenters. The number of rotatable bonds is 3. The van der Waals surface area contributed by atoms with Gasteiger partial charge in [-0.2, -0.15) is 0 Å². The molecular weight excluding hydrogens is 275 g/mol. The molecule has 4 nitrogen and oxygen atoms in total. The number of hydrogen-bond acceptors (Lipinski definition) is 3. The van der Waals surface area contributed by atoms with Crippen LogP contribution in [0.15, 0.2) is 24.3 Å². The Morgan fingerprint density at radius 2 is 2.14 bits per heavy atom. The van der Waals surface area contributed by atoms with Crippen LogP contribution in [0.4, 0.5) is 0 Å². The maximum atomic E-state index is 12.7. The SMILES string of the molecule is N[C@H](C(=O)N1CCCC1=BCO)C1CCc2ccccc2C1. The molecule has 0 spiro atoms. The van der Waals surface area contributed by atoms with Gasteiger partial charge in [-0.3, -0.25) is 0 Å². The fourth-order valence-corrected chi connectivity index (χ4v) is 3.68. The second-order valence-corrected chi connectivity index (χ2v) is 6.27. The molecule has 1 unspecified atom stereocenters. The van der Waals surface area contributed by atoms with Crippen molar-refractivity contribution in [2.75, 3.05) is 13.1 Å². The van der Waals surface area contributed by atoms with Crippen molar-refractivity contribution in [1.82, 2.24) is 4.90 Å². The summed E-state index contributed by atoms with van der Waals surface area (Å²) in [6.07, 6.45) is 4.66. The van der Waals surface area contributed by atoms with E-state index in [9.17, 15) is 4.79 Å². The molecule has 1 fully saturated rings. The minimum absolute atomic E-state index is 0.0154. The van der Waals surface area contributed by atoms with Gasteiger partial charge in [-0.1, -0.05) is 0 Å². The summed E-state index contributed by atoms with van der Waals surface area (Å²) in [6.45, 7) is 2.43. The van der Waals surface area contributed by atoms with Gasteiger partial charge in [-0.25, -0.2) is 0 Å². The zero-order valence-electron chi connectivity index (χ0n) is 12.9. The molecule has 5 heteroatoms. The summed E-state index contributed by atoms with van der Waals surface area (Å²) in [6, 6.07) is 7.98. The maximum absolute atomic E-state index is 12.7.